The lowest BCUT2D eigenvalue weighted by molar-refractivity contribution is 0.495. The second-order valence-electron chi connectivity index (χ2n) is 4.00. The van der Waals surface area contributed by atoms with Gasteiger partial charge in [-0.05, 0) is 34.0 Å². The summed E-state index contributed by atoms with van der Waals surface area (Å²) in [6, 6.07) is 5.98. The van der Waals surface area contributed by atoms with Crippen LogP contribution in [-0.4, -0.2) is 9.78 Å². The van der Waals surface area contributed by atoms with E-state index in [0.717, 1.165) is 21.9 Å². The lowest BCUT2D eigenvalue weighted by Crippen LogP contribution is -2.05. The molecule has 1 aromatic carbocycles. The zero-order valence-corrected chi connectivity index (χ0v) is 11.0. The Bertz CT molecular complexity index is 491. The maximum atomic E-state index is 6.08. The molecule has 1 aromatic heterocycles. The number of para-hydroxylation sites is 1. The molecule has 1 heterocycles. The van der Waals surface area contributed by atoms with Gasteiger partial charge in [-0.15, -0.1) is 0 Å². The van der Waals surface area contributed by atoms with E-state index in [2.05, 4.69) is 34.9 Å². The fourth-order valence-electron chi connectivity index (χ4n) is 1.63. The van der Waals surface area contributed by atoms with Crippen LogP contribution in [0.3, 0.4) is 0 Å². The molecule has 15 heavy (non-hydrogen) atoms. The minimum atomic E-state index is 0.552. The number of halogens is 2. The van der Waals surface area contributed by atoms with E-state index in [9.17, 15) is 0 Å². The smallest absolute Gasteiger partial charge is 0.158 e. The number of hydrogen-bond acceptors (Lipinski definition) is 1. The number of hydrogen-bond donors (Lipinski definition) is 0. The molecule has 2 nitrogen and oxygen atoms in total. The molecule has 0 aliphatic carbocycles. The summed E-state index contributed by atoms with van der Waals surface area (Å²) >= 11 is 9.61. The van der Waals surface area contributed by atoms with Crippen LogP contribution >= 0.6 is 27.5 Å². The van der Waals surface area contributed by atoms with Gasteiger partial charge in [-0.2, -0.15) is 5.10 Å². The highest BCUT2D eigenvalue weighted by Crippen LogP contribution is 2.29. The monoisotopic (exact) mass is 286 g/mol. The Labute approximate surface area is 102 Å². The predicted octanol–water partition coefficient (Wildman–Crippen LogP) is 4.11. The standard InChI is InChI=1S/C11H12BrClN2/c1-7(2)6-15-10-8(11(13)14-15)4-3-5-9(10)12/h3-5,7H,6H2,1-2H3. The first kappa shape index (κ1) is 11.0. The van der Waals surface area contributed by atoms with Gasteiger partial charge >= 0.3 is 0 Å². The van der Waals surface area contributed by atoms with Crippen LogP contribution in [0.1, 0.15) is 13.8 Å². The summed E-state index contributed by atoms with van der Waals surface area (Å²) in [5.74, 6) is 0.552. The third-order valence-electron chi connectivity index (χ3n) is 2.21. The first-order valence-electron chi connectivity index (χ1n) is 4.90. The molecule has 0 aliphatic rings. The number of benzene rings is 1. The first-order chi connectivity index (χ1) is 7.09. The van der Waals surface area contributed by atoms with E-state index in [1.807, 2.05) is 22.9 Å². The van der Waals surface area contributed by atoms with Gasteiger partial charge in [0.15, 0.2) is 5.15 Å². The zero-order valence-electron chi connectivity index (χ0n) is 8.67. The van der Waals surface area contributed by atoms with Gasteiger partial charge in [-0.25, -0.2) is 0 Å². The van der Waals surface area contributed by atoms with Gasteiger partial charge in [0, 0.05) is 16.4 Å². The highest BCUT2D eigenvalue weighted by Gasteiger charge is 2.11. The quantitative estimate of drug-likeness (QED) is 0.813. The molecule has 0 bridgehead atoms. The van der Waals surface area contributed by atoms with Crippen molar-refractivity contribution >= 4 is 38.4 Å². The van der Waals surface area contributed by atoms with Gasteiger partial charge in [-0.1, -0.05) is 31.5 Å². The predicted molar refractivity (Wildman–Crippen MR) is 67.3 cm³/mol. The number of fused-ring (bicyclic) bond motifs is 1. The Morgan fingerprint density at radius 1 is 1.47 bits per heavy atom. The van der Waals surface area contributed by atoms with Gasteiger partial charge < -0.3 is 0 Å². The summed E-state index contributed by atoms with van der Waals surface area (Å²) in [6.07, 6.45) is 0. The fourth-order valence-corrected chi connectivity index (χ4v) is 2.45. The Balaban J connectivity index is 2.65. The van der Waals surface area contributed by atoms with Gasteiger partial charge in [-0.3, -0.25) is 4.68 Å². The Morgan fingerprint density at radius 3 is 2.87 bits per heavy atom. The topological polar surface area (TPSA) is 17.8 Å². The van der Waals surface area contributed by atoms with Crippen LogP contribution in [0.15, 0.2) is 22.7 Å². The second-order valence-corrected chi connectivity index (χ2v) is 5.22. The summed E-state index contributed by atoms with van der Waals surface area (Å²) in [6.45, 7) is 5.21. The third kappa shape index (κ3) is 2.04. The Kier molecular flexibility index (Phi) is 3.03. The molecule has 0 fully saturated rings. The molecule has 0 saturated heterocycles. The molecular weight excluding hydrogens is 275 g/mol. The highest BCUT2D eigenvalue weighted by atomic mass is 79.9. The molecule has 4 heteroatoms. The summed E-state index contributed by atoms with van der Waals surface area (Å²) in [5.41, 5.74) is 1.08. The molecule has 0 unspecified atom stereocenters. The van der Waals surface area contributed by atoms with Gasteiger partial charge in [0.25, 0.3) is 0 Å². The first-order valence-corrected chi connectivity index (χ1v) is 6.07. The van der Waals surface area contributed by atoms with Crippen molar-refractivity contribution in [1.82, 2.24) is 9.78 Å². The van der Waals surface area contributed by atoms with E-state index in [4.69, 9.17) is 11.6 Å². The SMILES string of the molecule is CC(C)Cn1nc(Cl)c2cccc(Br)c21. The zero-order chi connectivity index (χ0) is 11.0. The maximum Gasteiger partial charge on any atom is 0.158 e. The summed E-state index contributed by atoms with van der Waals surface area (Å²) in [4.78, 5) is 0. The van der Waals surface area contributed by atoms with E-state index < -0.39 is 0 Å². The van der Waals surface area contributed by atoms with Gasteiger partial charge in [0.05, 0.1) is 5.52 Å². The minimum absolute atomic E-state index is 0.552. The summed E-state index contributed by atoms with van der Waals surface area (Å²) in [5, 5.41) is 5.92. The van der Waals surface area contributed by atoms with E-state index in [1.165, 1.54) is 0 Å². The number of rotatable bonds is 2. The molecule has 0 aliphatic heterocycles. The molecule has 0 saturated carbocycles. The normalized spacial score (nSPS) is 11.5. The molecule has 0 spiro atoms. The van der Waals surface area contributed by atoms with E-state index in [0.29, 0.717) is 11.1 Å². The molecular formula is C11H12BrClN2. The molecule has 80 valence electrons. The van der Waals surface area contributed by atoms with E-state index in [1.54, 1.807) is 0 Å². The van der Waals surface area contributed by atoms with Crippen molar-refractivity contribution in [3.8, 4) is 0 Å². The van der Waals surface area contributed by atoms with Crippen molar-refractivity contribution in [2.45, 2.75) is 20.4 Å². The lowest BCUT2D eigenvalue weighted by atomic mass is 10.2. The van der Waals surface area contributed by atoms with Crippen LogP contribution in [0.2, 0.25) is 5.15 Å². The van der Waals surface area contributed by atoms with Crippen LogP contribution in [0.25, 0.3) is 10.9 Å². The largest absolute Gasteiger partial charge is 0.262 e. The van der Waals surface area contributed by atoms with Crippen LogP contribution in [0.5, 0.6) is 0 Å². The molecule has 2 aromatic rings. The van der Waals surface area contributed by atoms with Crippen molar-refractivity contribution in [3.05, 3.63) is 27.8 Å². The molecule has 2 rings (SSSR count). The van der Waals surface area contributed by atoms with Crippen molar-refractivity contribution in [1.29, 1.82) is 0 Å². The average Bonchev–Trinajstić information content (AvgIpc) is 2.44. The molecule has 0 N–H and O–H groups in total. The number of aromatic nitrogens is 2. The summed E-state index contributed by atoms with van der Waals surface area (Å²) < 4.78 is 3.01. The van der Waals surface area contributed by atoms with Crippen molar-refractivity contribution < 1.29 is 0 Å². The summed E-state index contributed by atoms with van der Waals surface area (Å²) in [7, 11) is 0. The second kappa shape index (κ2) is 4.14. The van der Waals surface area contributed by atoms with Crippen LogP contribution < -0.4 is 0 Å². The average molecular weight is 288 g/mol. The van der Waals surface area contributed by atoms with Crippen LogP contribution in [0.4, 0.5) is 0 Å². The van der Waals surface area contributed by atoms with E-state index >= 15 is 0 Å². The molecule has 0 amide bonds. The lowest BCUT2D eigenvalue weighted by Gasteiger charge is -2.06. The number of nitrogens with zero attached hydrogens (tertiary/aromatic N) is 2. The molecule has 0 radical (unpaired) electrons. The van der Waals surface area contributed by atoms with Crippen molar-refractivity contribution in [2.75, 3.05) is 0 Å². The van der Waals surface area contributed by atoms with Crippen LogP contribution in [-0.2, 0) is 6.54 Å². The van der Waals surface area contributed by atoms with Crippen molar-refractivity contribution in [3.63, 3.8) is 0 Å². The van der Waals surface area contributed by atoms with Crippen molar-refractivity contribution in [2.24, 2.45) is 5.92 Å². The Hall–Kier alpha value is -0.540. The maximum absolute atomic E-state index is 6.08. The minimum Gasteiger partial charge on any atom is -0.262 e. The van der Waals surface area contributed by atoms with Gasteiger partial charge in [0.1, 0.15) is 0 Å². The van der Waals surface area contributed by atoms with Gasteiger partial charge in [0.2, 0.25) is 0 Å². The van der Waals surface area contributed by atoms with E-state index in [-0.39, 0.29) is 0 Å². The highest BCUT2D eigenvalue weighted by molar-refractivity contribution is 9.10. The third-order valence-corrected chi connectivity index (χ3v) is 3.13. The van der Waals surface area contributed by atoms with Crippen LogP contribution in [0, 0.1) is 5.92 Å². The fraction of sp³-hybridized carbons (Fsp3) is 0.364. The Morgan fingerprint density at radius 2 is 2.20 bits per heavy atom. The molecule has 0 atom stereocenters.